The summed E-state index contributed by atoms with van der Waals surface area (Å²) in [5.41, 5.74) is 6.89. The molecule has 0 saturated heterocycles. The lowest BCUT2D eigenvalue weighted by molar-refractivity contribution is -0.111. The summed E-state index contributed by atoms with van der Waals surface area (Å²) in [5, 5.41) is 22.2. The van der Waals surface area contributed by atoms with E-state index in [1.165, 1.54) is 22.5 Å². The van der Waals surface area contributed by atoms with Crippen molar-refractivity contribution >= 4 is 11.4 Å². The number of rotatable bonds is 2. The summed E-state index contributed by atoms with van der Waals surface area (Å²) in [4.78, 5) is 4.40. The van der Waals surface area contributed by atoms with Gasteiger partial charge in [0.25, 0.3) is 0 Å². The fourth-order valence-corrected chi connectivity index (χ4v) is 6.13. The van der Waals surface area contributed by atoms with Crippen LogP contribution in [0.1, 0.15) is 38.8 Å². The number of likely N-dealkylation sites (N-methyl/N-ethyl adjacent to an activating group) is 2. The maximum Gasteiger partial charge on any atom is 0.0716 e. The lowest BCUT2D eigenvalue weighted by Crippen LogP contribution is -2.54. The Hall–Kier alpha value is -2.56. The summed E-state index contributed by atoms with van der Waals surface area (Å²) in [6, 6.07) is 16.9. The Morgan fingerprint density at radius 2 is 1.00 bits per heavy atom. The van der Waals surface area contributed by atoms with Crippen LogP contribution in [0.25, 0.3) is 0 Å². The Morgan fingerprint density at radius 1 is 0.656 bits per heavy atom. The molecule has 2 aliphatic heterocycles. The van der Waals surface area contributed by atoms with Crippen LogP contribution in [0.2, 0.25) is 0 Å². The van der Waals surface area contributed by atoms with Gasteiger partial charge in [0, 0.05) is 59.5 Å². The molecule has 0 radical (unpaired) electrons. The van der Waals surface area contributed by atoms with Gasteiger partial charge in [0.05, 0.1) is 12.2 Å². The van der Waals surface area contributed by atoms with Crippen molar-refractivity contribution in [2.24, 2.45) is 11.8 Å². The molecule has 4 nitrogen and oxygen atoms in total. The van der Waals surface area contributed by atoms with E-state index in [1.54, 1.807) is 0 Å². The minimum atomic E-state index is -0.606. The molecule has 2 N–H and O–H groups in total. The van der Waals surface area contributed by atoms with Crippen LogP contribution in [0.15, 0.2) is 72.1 Å². The quantitative estimate of drug-likeness (QED) is 0.732. The van der Waals surface area contributed by atoms with E-state index in [9.17, 15) is 10.2 Å². The van der Waals surface area contributed by atoms with Crippen molar-refractivity contribution in [2.45, 2.75) is 50.7 Å². The summed E-state index contributed by atoms with van der Waals surface area (Å²) < 4.78 is 0. The van der Waals surface area contributed by atoms with E-state index in [4.69, 9.17) is 0 Å². The number of hydrogen-bond acceptors (Lipinski definition) is 4. The number of hydrogen-bond donors (Lipinski definition) is 2. The second kappa shape index (κ2) is 6.97. The molecule has 0 aromatic heterocycles. The largest absolute Gasteiger partial charge is 0.392 e. The highest BCUT2D eigenvalue weighted by molar-refractivity contribution is 5.71. The Balaban J connectivity index is 1.43. The van der Waals surface area contributed by atoms with E-state index in [-0.39, 0.29) is 22.7 Å². The zero-order valence-corrected chi connectivity index (χ0v) is 19.9. The van der Waals surface area contributed by atoms with Crippen molar-refractivity contribution in [3.63, 3.8) is 0 Å². The number of aliphatic hydroxyl groups is 2. The van der Waals surface area contributed by atoms with E-state index < -0.39 is 12.2 Å². The first-order valence-corrected chi connectivity index (χ1v) is 11.5. The first kappa shape index (κ1) is 21.3. The van der Waals surface area contributed by atoms with Crippen LogP contribution >= 0.6 is 0 Å². The average Bonchev–Trinajstić information content (AvgIpc) is 3.09. The predicted molar refractivity (Wildman–Crippen MR) is 131 cm³/mol. The number of benzene rings is 2. The molecule has 2 heterocycles. The second-order valence-corrected chi connectivity index (χ2v) is 10.6. The molecule has 1 fully saturated rings. The number of aliphatic hydroxyl groups excluding tert-OH is 2. The summed E-state index contributed by atoms with van der Waals surface area (Å²) in [6.45, 7) is 8.85. The van der Waals surface area contributed by atoms with Gasteiger partial charge in [0.2, 0.25) is 0 Å². The molecule has 2 aromatic rings. The molecule has 0 spiro atoms. The highest BCUT2D eigenvalue weighted by Crippen LogP contribution is 2.51. The highest BCUT2D eigenvalue weighted by atomic mass is 16.3. The molecule has 1 saturated carbocycles. The van der Waals surface area contributed by atoms with Crippen LogP contribution in [-0.2, 0) is 10.8 Å². The first-order valence-electron chi connectivity index (χ1n) is 11.5. The summed E-state index contributed by atoms with van der Waals surface area (Å²) in [6.07, 6.45) is 2.99. The van der Waals surface area contributed by atoms with Gasteiger partial charge < -0.3 is 20.0 Å². The van der Waals surface area contributed by atoms with Gasteiger partial charge in [0.1, 0.15) is 0 Å². The number of para-hydroxylation sites is 2. The smallest absolute Gasteiger partial charge is 0.0716 e. The van der Waals surface area contributed by atoms with Crippen LogP contribution < -0.4 is 9.80 Å². The molecule has 0 bridgehead atoms. The Morgan fingerprint density at radius 3 is 1.34 bits per heavy atom. The van der Waals surface area contributed by atoms with Crippen molar-refractivity contribution in [1.29, 1.82) is 0 Å². The minimum absolute atomic E-state index is 0.163. The van der Waals surface area contributed by atoms with Gasteiger partial charge >= 0.3 is 0 Å². The van der Waals surface area contributed by atoms with Crippen molar-refractivity contribution in [2.75, 3.05) is 23.9 Å². The third-order valence-electron chi connectivity index (χ3n) is 8.16. The van der Waals surface area contributed by atoms with Gasteiger partial charge in [0.15, 0.2) is 0 Å². The van der Waals surface area contributed by atoms with Gasteiger partial charge in [-0.2, -0.15) is 0 Å². The Kier molecular flexibility index (Phi) is 4.64. The molecular weight excluding hydrogens is 396 g/mol. The standard InChI is InChI=1S/C28H34N2O2/c1-27(2)19-11-7-9-13-21(19)29(5)23(27)15-17-25(31)18(26(17)32)16-24-28(3,4)20-12-8-10-14-22(20)30(24)6/h7-18,25-26,31-32H,1-6H3/b23-15+,24-16+. The zero-order valence-electron chi connectivity index (χ0n) is 19.9. The normalized spacial score (nSPS) is 32.2. The van der Waals surface area contributed by atoms with Crippen molar-refractivity contribution in [3.8, 4) is 0 Å². The summed E-state index contributed by atoms with van der Waals surface area (Å²) in [5.74, 6) is -0.555. The molecule has 5 rings (SSSR count). The van der Waals surface area contributed by atoms with Crippen LogP contribution in [0.5, 0.6) is 0 Å². The molecule has 0 atom stereocenters. The molecule has 0 unspecified atom stereocenters. The van der Waals surface area contributed by atoms with Crippen molar-refractivity contribution in [1.82, 2.24) is 0 Å². The van der Waals surface area contributed by atoms with Crippen LogP contribution in [0.4, 0.5) is 11.4 Å². The van der Waals surface area contributed by atoms with E-state index in [0.29, 0.717) is 0 Å². The third-order valence-corrected chi connectivity index (χ3v) is 8.16. The summed E-state index contributed by atoms with van der Waals surface area (Å²) in [7, 11) is 4.15. The Bertz CT molecular complexity index is 1030. The molecule has 168 valence electrons. The lowest BCUT2D eigenvalue weighted by Gasteiger charge is -2.45. The van der Waals surface area contributed by atoms with Gasteiger partial charge in [-0.15, -0.1) is 0 Å². The van der Waals surface area contributed by atoms with Crippen LogP contribution in [0.3, 0.4) is 0 Å². The lowest BCUT2D eigenvalue weighted by atomic mass is 9.66. The first-order chi connectivity index (χ1) is 15.1. The molecule has 32 heavy (non-hydrogen) atoms. The van der Waals surface area contributed by atoms with Crippen LogP contribution in [-0.4, -0.2) is 36.5 Å². The van der Waals surface area contributed by atoms with Crippen molar-refractivity contribution < 1.29 is 10.2 Å². The van der Waals surface area contributed by atoms with Gasteiger partial charge in [-0.05, 0) is 23.3 Å². The fourth-order valence-electron chi connectivity index (χ4n) is 6.13. The maximum atomic E-state index is 11.1. The highest BCUT2D eigenvalue weighted by Gasteiger charge is 2.50. The van der Waals surface area contributed by atoms with Gasteiger partial charge in [-0.3, -0.25) is 0 Å². The third kappa shape index (κ3) is 2.76. The fraction of sp³-hybridized carbons (Fsp3) is 0.429. The predicted octanol–water partition coefficient (Wildman–Crippen LogP) is 4.58. The average molecular weight is 431 g/mol. The van der Waals surface area contributed by atoms with Gasteiger partial charge in [-0.25, -0.2) is 0 Å². The number of nitrogens with zero attached hydrogens (tertiary/aromatic N) is 2. The minimum Gasteiger partial charge on any atom is -0.392 e. The molecule has 0 amide bonds. The number of anilines is 2. The van der Waals surface area contributed by atoms with E-state index in [2.05, 4.69) is 112 Å². The van der Waals surface area contributed by atoms with E-state index >= 15 is 0 Å². The topological polar surface area (TPSA) is 46.9 Å². The van der Waals surface area contributed by atoms with E-state index in [1.807, 2.05) is 0 Å². The van der Waals surface area contributed by atoms with Crippen LogP contribution in [0, 0.1) is 11.8 Å². The maximum absolute atomic E-state index is 11.1. The summed E-state index contributed by atoms with van der Waals surface area (Å²) >= 11 is 0. The molecule has 4 heteroatoms. The molecular formula is C28H34N2O2. The molecule has 2 aromatic carbocycles. The Labute approximate surface area is 191 Å². The number of allylic oxidation sites excluding steroid dienone is 2. The van der Waals surface area contributed by atoms with Gasteiger partial charge in [-0.1, -0.05) is 76.2 Å². The van der Waals surface area contributed by atoms with E-state index in [0.717, 1.165) is 11.4 Å². The number of fused-ring (bicyclic) bond motifs is 2. The monoisotopic (exact) mass is 430 g/mol. The molecule has 1 aliphatic carbocycles. The van der Waals surface area contributed by atoms with Crippen molar-refractivity contribution in [3.05, 3.63) is 83.2 Å². The SMILES string of the molecule is CN1/C(=C/C2C(O)C(/C=C3/N(C)c4ccccc4C3(C)C)C2O)C(C)(C)c2ccccc21. The second-order valence-electron chi connectivity index (χ2n) is 10.6. The molecule has 3 aliphatic rings. The zero-order chi connectivity index (χ0) is 23.0.